The van der Waals surface area contributed by atoms with E-state index in [1.807, 2.05) is 72.7 Å². The molecule has 1 saturated heterocycles. The molecule has 1 aliphatic heterocycles. The highest BCUT2D eigenvalue weighted by Crippen LogP contribution is 2.39. The molecule has 1 aliphatic rings. The van der Waals surface area contributed by atoms with Gasteiger partial charge in [0.1, 0.15) is 36.4 Å². The lowest BCUT2D eigenvalue weighted by Gasteiger charge is -2.30. The first-order valence-corrected chi connectivity index (χ1v) is 27.1. The lowest BCUT2D eigenvalue weighted by Crippen LogP contribution is -2.36. The third-order valence-electron chi connectivity index (χ3n) is 12.1. The second-order valence-electron chi connectivity index (χ2n) is 19.1. The van der Waals surface area contributed by atoms with E-state index in [-0.39, 0.29) is 37.4 Å². The first kappa shape index (κ1) is 76.0. The number of epoxide rings is 1. The van der Waals surface area contributed by atoms with E-state index in [9.17, 15) is 0 Å². The average molecular weight is 1070 g/mol. The fourth-order valence-corrected chi connectivity index (χ4v) is 7.79. The van der Waals surface area contributed by atoms with Gasteiger partial charge in [-0.15, -0.1) is 0 Å². The molecule has 1 heterocycles. The molecule has 76 heavy (non-hydrogen) atoms. The number of hydrogen-bond acceptors (Lipinski definition) is 11. The van der Waals surface area contributed by atoms with E-state index in [0.717, 1.165) is 55.8 Å². The predicted molar refractivity (Wildman–Crippen MR) is 321 cm³/mol. The van der Waals surface area contributed by atoms with Gasteiger partial charge in [0, 0.05) is 57.4 Å². The molecule has 0 radical (unpaired) electrons. The summed E-state index contributed by atoms with van der Waals surface area (Å²) >= 11 is 0. The van der Waals surface area contributed by atoms with Crippen LogP contribution in [0, 0.1) is 33.1 Å². The Morgan fingerprint density at radius 2 is 0.776 bits per heavy atom. The summed E-state index contributed by atoms with van der Waals surface area (Å²) in [5, 5.41) is 0. The quantitative estimate of drug-likeness (QED) is 0.0360. The van der Waals surface area contributed by atoms with Crippen LogP contribution >= 0.6 is 0 Å². The summed E-state index contributed by atoms with van der Waals surface area (Å²) in [5.41, 5.74) is 9.81. The first-order chi connectivity index (χ1) is 35.3. The molecule has 1 atom stereocenters. The molecular weight excluding hydrogens is 957 g/mol. The highest BCUT2D eigenvalue weighted by atomic mass is 16.8. The molecule has 0 spiro atoms. The van der Waals surface area contributed by atoms with Gasteiger partial charge in [-0.2, -0.15) is 0 Å². The summed E-state index contributed by atoms with van der Waals surface area (Å²) < 4.78 is 57.7. The van der Waals surface area contributed by atoms with Gasteiger partial charge < -0.3 is 52.1 Å². The first-order valence-electron chi connectivity index (χ1n) is 27.1. The third kappa shape index (κ3) is 27.9. The Labute approximate surface area is 466 Å². The second-order valence-corrected chi connectivity index (χ2v) is 19.1. The largest absolute Gasteiger partial charge is 0.494 e. The normalized spacial score (nSPS) is 12.3. The van der Waals surface area contributed by atoms with E-state index in [1.165, 1.54) is 50.9 Å². The highest BCUT2D eigenvalue weighted by molar-refractivity contribution is 5.52. The van der Waals surface area contributed by atoms with Gasteiger partial charge in [0.2, 0.25) is 0 Å². The smallest absolute Gasteiger partial charge is 0.181 e. The van der Waals surface area contributed by atoms with E-state index >= 15 is 0 Å². The number of aryl methyl sites for hydroxylation is 4. The summed E-state index contributed by atoms with van der Waals surface area (Å²) in [6.07, 6.45) is 2.23. The van der Waals surface area contributed by atoms with Crippen LogP contribution in [0.5, 0.6) is 23.0 Å². The maximum Gasteiger partial charge on any atom is 0.181 e. The Bertz CT molecular complexity index is 1830. The summed E-state index contributed by atoms with van der Waals surface area (Å²) in [7, 11) is 5.01. The van der Waals surface area contributed by atoms with Crippen LogP contribution in [0.25, 0.3) is 0 Å². The van der Waals surface area contributed by atoms with Crippen LogP contribution in [-0.4, -0.2) is 107 Å². The van der Waals surface area contributed by atoms with Gasteiger partial charge in [0.25, 0.3) is 0 Å². The van der Waals surface area contributed by atoms with Gasteiger partial charge in [-0.25, -0.2) is 0 Å². The number of methoxy groups -OCH3 is 3. The minimum atomic E-state index is -0.0828. The molecule has 11 heteroatoms. The topological polar surface area (TPSA) is 105 Å². The van der Waals surface area contributed by atoms with E-state index in [2.05, 4.69) is 129 Å². The highest BCUT2D eigenvalue weighted by Gasteiger charge is 2.33. The van der Waals surface area contributed by atoms with Crippen molar-refractivity contribution in [2.45, 2.75) is 169 Å². The van der Waals surface area contributed by atoms with Crippen molar-refractivity contribution in [3.63, 3.8) is 0 Å². The lowest BCUT2D eigenvalue weighted by molar-refractivity contribution is -0.0729. The molecule has 11 nitrogen and oxygen atoms in total. The van der Waals surface area contributed by atoms with Gasteiger partial charge in [0.05, 0.1) is 46.2 Å². The molecule has 438 valence electrons. The number of rotatable bonds is 25. The summed E-state index contributed by atoms with van der Waals surface area (Å²) in [6.45, 7) is 46.2. The average Bonchev–Trinajstić information content (AvgIpc) is 4.22. The maximum absolute atomic E-state index is 5.81. The maximum atomic E-state index is 5.81. The van der Waals surface area contributed by atoms with E-state index < -0.39 is 0 Å². The second kappa shape index (κ2) is 42.8. The minimum Gasteiger partial charge on any atom is -0.494 e. The van der Waals surface area contributed by atoms with Crippen molar-refractivity contribution in [1.29, 1.82) is 0 Å². The molecule has 4 aromatic rings. The molecule has 1 unspecified atom stereocenters. The van der Waals surface area contributed by atoms with Crippen LogP contribution in [0.1, 0.15) is 169 Å². The molecule has 0 saturated carbocycles. The third-order valence-corrected chi connectivity index (χ3v) is 12.1. The van der Waals surface area contributed by atoms with Crippen LogP contribution in [0.15, 0.2) is 72.8 Å². The van der Waals surface area contributed by atoms with Crippen LogP contribution in [0.3, 0.4) is 0 Å². The zero-order chi connectivity index (χ0) is 56.2. The van der Waals surface area contributed by atoms with Gasteiger partial charge in [-0.3, -0.25) is 0 Å². The number of hydrogen-bond donors (Lipinski definition) is 0. The van der Waals surface area contributed by atoms with Gasteiger partial charge in [-0.05, 0) is 151 Å². The van der Waals surface area contributed by atoms with Crippen molar-refractivity contribution in [2.75, 3.05) is 101 Å². The van der Waals surface area contributed by atoms with Crippen molar-refractivity contribution in [1.82, 2.24) is 0 Å². The molecular formula is C65H112O11. The summed E-state index contributed by atoms with van der Waals surface area (Å²) in [6, 6.07) is 25.8. The number of ether oxygens (including phenoxy) is 11. The molecule has 0 bridgehead atoms. The van der Waals surface area contributed by atoms with Crippen molar-refractivity contribution in [3.8, 4) is 23.0 Å². The van der Waals surface area contributed by atoms with Gasteiger partial charge >= 0.3 is 0 Å². The minimum absolute atomic E-state index is 0. The van der Waals surface area contributed by atoms with Crippen LogP contribution in [0.2, 0.25) is 0 Å². The Morgan fingerprint density at radius 1 is 0.447 bits per heavy atom. The SMILES string of the molecule is C.C.CCC.CCC(COC)(COC)COC1CO1.CCOCC.CCOCOC.CCOc1c(C)cc(C(C)(C)c2cc(C)c(OCC)c(C)c2)cc1C.CCOc1ccc(C(C)(C)c2ccc(OCC)cc2)cc1. The van der Waals surface area contributed by atoms with Crippen molar-refractivity contribution in [3.05, 3.63) is 117 Å². The van der Waals surface area contributed by atoms with Gasteiger partial charge in [0.15, 0.2) is 6.29 Å². The van der Waals surface area contributed by atoms with Crippen molar-refractivity contribution >= 4 is 0 Å². The van der Waals surface area contributed by atoms with Crippen LogP contribution < -0.4 is 18.9 Å². The Kier molecular flexibility index (Phi) is 42.8. The Hall–Kier alpha value is -4.20. The molecule has 0 N–H and O–H groups in total. The fourth-order valence-electron chi connectivity index (χ4n) is 7.79. The zero-order valence-corrected chi connectivity index (χ0v) is 50.4. The fraction of sp³-hybridized carbons (Fsp3) is 0.631. The molecule has 4 aromatic carbocycles. The molecule has 5 rings (SSSR count). The molecule has 1 fully saturated rings. The summed E-state index contributed by atoms with van der Waals surface area (Å²) in [5.74, 6) is 3.87. The number of benzene rings is 4. The van der Waals surface area contributed by atoms with Crippen molar-refractivity contribution < 1.29 is 52.1 Å². The Balaban J connectivity index is -0.000000942. The van der Waals surface area contributed by atoms with Crippen molar-refractivity contribution in [2.24, 2.45) is 5.41 Å². The molecule has 0 aliphatic carbocycles. The van der Waals surface area contributed by atoms with Crippen LogP contribution in [0.4, 0.5) is 0 Å². The lowest BCUT2D eigenvalue weighted by atomic mass is 9.76. The molecule has 0 amide bonds. The van der Waals surface area contributed by atoms with E-state index in [1.54, 1.807) is 21.3 Å². The van der Waals surface area contributed by atoms with E-state index in [4.69, 9.17) is 47.4 Å². The standard InChI is InChI=1S/C23H32O2.C19H24O2.C10H20O4.C4H10O2.C4H10O.C3H8.2CH4/c1-9-24-21-15(3)11-19(12-16(21)4)23(7,8)20-13-17(5)22(25-10-2)18(6)14-20;1-5-20-17-11-7-15(8-12-17)19(3,4)16-9-13-18(14-10-16)21-6-2;1-4-10(6-11-2,7-12-3)8-14-9-5-13-9;1-3-6-4-5-2;1-3-5-4-2;1-3-2;;/h11-14H,9-10H2,1-8H3;7-14H,5-6H2,1-4H3;9H,4-8H2,1-3H3;3-4H2,1-2H3;3-4H2,1-2H3;3H2,1-2H3;2*1H4. The van der Waals surface area contributed by atoms with Crippen LogP contribution in [-0.2, 0) is 44.0 Å². The molecule has 0 aromatic heterocycles. The zero-order valence-electron chi connectivity index (χ0n) is 50.4. The van der Waals surface area contributed by atoms with E-state index in [0.29, 0.717) is 53.0 Å². The summed E-state index contributed by atoms with van der Waals surface area (Å²) in [4.78, 5) is 0. The monoisotopic (exact) mass is 1070 g/mol. The Morgan fingerprint density at radius 3 is 1.01 bits per heavy atom. The predicted octanol–water partition coefficient (Wildman–Crippen LogP) is 16.3. The van der Waals surface area contributed by atoms with Gasteiger partial charge in [-0.1, -0.05) is 118 Å².